The summed E-state index contributed by atoms with van der Waals surface area (Å²) in [5.41, 5.74) is 2.36. The highest BCUT2D eigenvalue weighted by Crippen LogP contribution is 2.19. The molecule has 2 aromatic heterocycles. The van der Waals surface area contributed by atoms with E-state index in [1.807, 2.05) is 27.1 Å². The highest BCUT2D eigenvalue weighted by Gasteiger charge is 2.16. The van der Waals surface area contributed by atoms with Crippen molar-refractivity contribution < 1.29 is 4.79 Å². The fourth-order valence-electron chi connectivity index (χ4n) is 2.06. The summed E-state index contributed by atoms with van der Waals surface area (Å²) in [6.45, 7) is 4.54. The molecule has 2 heterocycles. The number of carbonyl (C=O) groups is 1. The van der Waals surface area contributed by atoms with Crippen LogP contribution in [0.2, 0.25) is 5.15 Å². The van der Waals surface area contributed by atoms with Crippen LogP contribution >= 0.6 is 11.6 Å². The molecule has 0 radical (unpaired) electrons. The Morgan fingerprint density at radius 2 is 2.14 bits per heavy atom. The molecule has 0 aliphatic rings. The zero-order valence-electron chi connectivity index (χ0n) is 12.7. The molecule has 1 amide bonds. The fourth-order valence-corrected chi connectivity index (χ4v) is 2.27. The largest absolute Gasteiger partial charge is 0.337 e. The van der Waals surface area contributed by atoms with E-state index in [9.17, 15) is 4.79 Å². The minimum Gasteiger partial charge on any atom is -0.337 e. The van der Waals surface area contributed by atoms with Crippen molar-refractivity contribution in [1.29, 1.82) is 0 Å². The maximum atomic E-state index is 12.5. The number of aryl methyl sites for hydroxylation is 1. The predicted octanol–water partition coefficient (Wildman–Crippen LogP) is 2.86. The molecule has 0 aliphatic carbocycles. The van der Waals surface area contributed by atoms with Gasteiger partial charge in [0.25, 0.3) is 5.91 Å². The van der Waals surface area contributed by atoms with Gasteiger partial charge in [-0.3, -0.25) is 9.48 Å². The number of amides is 1. The molecule has 21 heavy (non-hydrogen) atoms. The van der Waals surface area contributed by atoms with E-state index < -0.39 is 0 Å². The second kappa shape index (κ2) is 6.26. The van der Waals surface area contributed by atoms with E-state index in [-0.39, 0.29) is 11.8 Å². The zero-order valence-corrected chi connectivity index (χ0v) is 13.4. The number of rotatable bonds is 4. The van der Waals surface area contributed by atoms with Crippen LogP contribution in [-0.2, 0) is 13.6 Å². The van der Waals surface area contributed by atoms with Gasteiger partial charge in [-0.2, -0.15) is 5.10 Å². The van der Waals surface area contributed by atoms with Crippen LogP contribution in [0.25, 0.3) is 0 Å². The molecule has 0 N–H and O–H groups in total. The maximum Gasteiger partial charge on any atom is 0.254 e. The number of hydrogen-bond acceptors (Lipinski definition) is 3. The molecule has 0 aromatic carbocycles. The van der Waals surface area contributed by atoms with Gasteiger partial charge in [0.1, 0.15) is 5.15 Å². The lowest BCUT2D eigenvalue weighted by Crippen LogP contribution is -2.26. The lowest BCUT2D eigenvalue weighted by atomic mass is 10.1. The minimum absolute atomic E-state index is 0.0787. The van der Waals surface area contributed by atoms with Crippen LogP contribution in [0.15, 0.2) is 24.5 Å². The SMILES string of the molecule is CC(C)c1cc(C(=O)N(C)Cc2cnn(C)c2)cc(Cl)n1. The van der Waals surface area contributed by atoms with Gasteiger partial charge in [-0.15, -0.1) is 0 Å². The summed E-state index contributed by atoms with van der Waals surface area (Å²) in [4.78, 5) is 18.4. The van der Waals surface area contributed by atoms with Crippen LogP contribution in [0.4, 0.5) is 0 Å². The summed E-state index contributed by atoms with van der Waals surface area (Å²) >= 11 is 6.01. The van der Waals surface area contributed by atoms with Gasteiger partial charge in [0.15, 0.2) is 0 Å². The topological polar surface area (TPSA) is 51.0 Å². The van der Waals surface area contributed by atoms with Crippen LogP contribution in [0.3, 0.4) is 0 Å². The Balaban J connectivity index is 2.19. The quantitative estimate of drug-likeness (QED) is 0.816. The Hall–Kier alpha value is -1.88. The molecule has 0 unspecified atom stereocenters. The number of nitrogens with zero attached hydrogens (tertiary/aromatic N) is 4. The third-order valence-corrected chi connectivity index (χ3v) is 3.37. The van der Waals surface area contributed by atoms with E-state index in [4.69, 9.17) is 11.6 Å². The summed E-state index contributed by atoms with van der Waals surface area (Å²) in [5.74, 6) is 0.143. The maximum absolute atomic E-state index is 12.5. The highest BCUT2D eigenvalue weighted by molar-refractivity contribution is 6.29. The average Bonchev–Trinajstić information content (AvgIpc) is 2.82. The minimum atomic E-state index is -0.0787. The van der Waals surface area contributed by atoms with E-state index in [0.717, 1.165) is 11.3 Å². The molecular formula is C15H19ClN4O. The van der Waals surface area contributed by atoms with Gasteiger partial charge in [0, 0.05) is 43.7 Å². The van der Waals surface area contributed by atoms with Gasteiger partial charge in [-0.05, 0) is 18.1 Å². The van der Waals surface area contributed by atoms with Crippen LogP contribution in [0.5, 0.6) is 0 Å². The number of aromatic nitrogens is 3. The van der Waals surface area contributed by atoms with E-state index in [2.05, 4.69) is 10.1 Å². The molecule has 0 fully saturated rings. The fraction of sp³-hybridized carbons (Fsp3) is 0.400. The van der Waals surface area contributed by atoms with Gasteiger partial charge in [0.05, 0.1) is 6.20 Å². The second-order valence-electron chi connectivity index (χ2n) is 5.44. The van der Waals surface area contributed by atoms with Crippen molar-refractivity contribution in [3.05, 3.63) is 46.5 Å². The molecule has 0 spiro atoms. The van der Waals surface area contributed by atoms with Crippen molar-refractivity contribution in [1.82, 2.24) is 19.7 Å². The molecule has 0 atom stereocenters. The van der Waals surface area contributed by atoms with Gasteiger partial charge in [0.2, 0.25) is 0 Å². The molecule has 0 bridgehead atoms. The normalized spacial score (nSPS) is 11.0. The molecule has 5 nitrogen and oxygen atoms in total. The molecule has 6 heteroatoms. The number of pyridine rings is 1. The monoisotopic (exact) mass is 306 g/mol. The van der Waals surface area contributed by atoms with Crippen LogP contribution in [0.1, 0.15) is 41.4 Å². The Morgan fingerprint density at radius 3 is 2.71 bits per heavy atom. The molecule has 0 aliphatic heterocycles. The molecule has 0 saturated carbocycles. The van der Waals surface area contributed by atoms with Crippen LogP contribution in [-0.4, -0.2) is 32.6 Å². The summed E-state index contributed by atoms with van der Waals surface area (Å²) in [5, 5.41) is 4.45. The zero-order chi connectivity index (χ0) is 15.6. The molecule has 0 saturated heterocycles. The van der Waals surface area contributed by atoms with E-state index >= 15 is 0 Å². The van der Waals surface area contributed by atoms with Gasteiger partial charge in [-0.25, -0.2) is 4.98 Å². The van der Waals surface area contributed by atoms with Crippen molar-refractivity contribution in [2.24, 2.45) is 7.05 Å². The summed E-state index contributed by atoms with van der Waals surface area (Å²) < 4.78 is 1.72. The highest BCUT2D eigenvalue weighted by atomic mass is 35.5. The van der Waals surface area contributed by atoms with E-state index in [1.165, 1.54) is 0 Å². The Labute approximate surface area is 129 Å². The first-order valence-corrected chi connectivity index (χ1v) is 7.15. The summed E-state index contributed by atoms with van der Waals surface area (Å²) in [6.07, 6.45) is 3.64. The number of carbonyl (C=O) groups excluding carboxylic acids is 1. The van der Waals surface area contributed by atoms with Crippen molar-refractivity contribution >= 4 is 17.5 Å². The van der Waals surface area contributed by atoms with E-state index in [1.54, 1.807) is 35.0 Å². The Morgan fingerprint density at radius 1 is 1.43 bits per heavy atom. The van der Waals surface area contributed by atoms with Crippen LogP contribution in [0, 0.1) is 0 Å². The average molecular weight is 307 g/mol. The summed E-state index contributed by atoms with van der Waals surface area (Å²) in [6, 6.07) is 3.41. The van der Waals surface area contributed by atoms with Crippen molar-refractivity contribution in [3.63, 3.8) is 0 Å². The lowest BCUT2D eigenvalue weighted by molar-refractivity contribution is 0.0785. The van der Waals surface area contributed by atoms with Crippen LogP contribution < -0.4 is 0 Å². The Kier molecular flexibility index (Phi) is 4.63. The molecular weight excluding hydrogens is 288 g/mol. The molecule has 2 rings (SSSR count). The summed E-state index contributed by atoms with van der Waals surface area (Å²) in [7, 11) is 3.61. The molecule has 112 valence electrons. The number of hydrogen-bond donors (Lipinski definition) is 0. The van der Waals surface area contributed by atoms with Gasteiger partial charge in [-0.1, -0.05) is 25.4 Å². The smallest absolute Gasteiger partial charge is 0.254 e. The van der Waals surface area contributed by atoms with Crippen molar-refractivity contribution in [2.45, 2.75) is 26.3 Å². The molecule has 2 aromatic rings. The van der Waals surface area contributed by atoms with Gasteiger partial charge >= 0.3 is 0 Å². The third kappa shape index (κ3) is 3.82. The number of halogens is 1. The van der Waals surface area contributed by atoms with Crippen molar-refractivity contribution in [2.75, 3.05) is 7.05 Å². The van der Waals surface area contributed by atoms with E-state index in [0.29, 0.717) is 17.3 Å². The van der Waals surface area contributed by atoms with Crippen molar-refractivity contribution in [3.8, 4) is 0 Å². The standard InChI is InChI=1S/C15H19ClN4O/c1-10(2)13-5-12(6-14(16)18-13)15(21)19(3)8-11-7-17-20(4)9-11/h5-7,9-10H,8H2,1-4H3. The Bertz CT molecular complexity index is 651. The first-order chi connectivity index (χ1) is 9.86. The third-order valence-electron chi connectivity index (χ3n) is 3.18. The lowest BCUT2D eigenvalue weighted by Gasteiger charge is -2.17. The second-order valence-corrected chi connectivity index (χ2v) is 5.83. The van der Waals surface area contributed by atoms with Gasteiger partial charge < -0.3 is 4.90 Å². The first kappa shape index (κ1) is 15.5. The predicted molar refractivity (Wildman–Crippen MR) is 82.3 cm³/mol. The first-order valence-electron chi connectivity index (χ1n) is 6.77.